The summed E-state index contributed by atoms with van der Waals surface area (Å²) in [5.41, 5.74) is 4.97. The smallest absolute Gasteiger partial charge is 0.0814 e. The van der Waals surface area contributed by atoms with Crippen LogP contribution in [-0.2, 0) is 0 Å². The average Bonchev–Trinajstić information content (AvgIpc) is 3.09. The van der Waals surface area contributed by atoms with Crippen molar-refractivity contribution in [3.05, 3.63) is 48.3 Å². The predicted octanol–water partition coefficient (Wildman–Crippen LogP) is 1.79. The number of hydrazine groups is 1. The number of aromatic nitrogens is 2. The molecule has 0 spiro atoms. The van der Waals surface area contributed by atoms with Gasteiger partial charge < -0.3 is 0 Å². The number of hydrogen-bond donors (Lipinski definition) is 2. The maximum atomic E-state index is 5.59. The van der Waals surface area contributed by atoms with Gasteiger partial charge in [-0.2, -0.15) is 5.10 Å². The molecule has 2 aromatic rings. The molecule has 0 radical (unpaired) electrons. The fourth-order valence-electron chi connectivity index (χ4n) is 2.12. The van der Waals surface area contributed by atoms with Crippen molar-refractivity contribution in [2.75, 3.05) is 0 Å². The highest BCUT2D eigenvalue weighted by Gasteiger charge is 2.32. The Kier molecular flexibility index (Phi) is 2.66. The molecule has 4 nitrogen and oxygen atoms in total. The first-order valence-corrected chi connectivity index (χ1v) is 5.95. The van der Waals surface area contributed by atoms with Crippen LogP contribution in [0.5, 0.6) is 0 Å². The van der Waals surface area contributed by atoms with E-state index in [0.29, 0.717) is 5.92 Å². The Morgan fingerprint density at radius 3 is 2.65 bits per heavy atom. The molecule has 0 amide bonds. The van der Waals surface area contributed by atoms with Crippen LogP contribution in [-0.4, -0.2) is 9.78 Å². The topological polar surface area (TPSA) is 55.9 Å². The van der Waals surface area contributed by atoms with E-state index in [1.165, 1.54) is 12.8 Å². The van der Waals surface area contributed by atoms with Gasteiger partial charge in [0.05, 0.1) is 17.4 Å². The number of rotatable bonds is 4. The van der Waals surface area contributed by atoms with Crippen molar-refractivity contribution in [3.8, 4) is 5.69 Å². The van der Waals surface area contributed by atoms with Crippen molar-refractivity contribution in [3.63, 3.8) is 0 Å². The molecule has 17 heavy (non-hydrogen) atoms. The molecule has 1 fully saturated rings. The number of para-hydroxylation sites is 1. The minimum atomic E-state index is 0.194. The van der Waals surface area contributed by atoms with Gasteiger partial charge >= 0.3 is 0 Å². The second-order valence-electron chi connectivity index (χ2n) is 4.50. The monoisotopic (exact) mass is 228 g/mol. The van der Waals surface area contributed by atoms with Gasteiger partial charge in [0.15, 0.2) is 0 Å². The summed E-state index contributed by atoms with van der Waals surface area (Å²) in [4.78, 5) is 0. The van der Waals surface area contributed by atoms with E-state index in [9.17, 15) is 0 Å². The first kappa shape index (κ1) is 10.5. The zero-order valence-corrected chi connectivity index (χ0v) is 9.58. The van der Waals surface area contributed by atoms with Gasteiger partial charge in [0.1, 0.15) is 0 Å². The van der Waals surface area contributed by atoms with Crippen LogP contribution in [0.2, 0.25) is 0 Å². The van der Waals surface area contributed by atoms with E-state index < -0.39 is 0 Å². The summed E-state index contributed by atoms with van der Waals surface area (Å²) in [7, 11) is 0. The molecule has 1 aromatic carbocycles. The lowest BCUT2D eigenvalue weighted by Gasteiger charge is -2.11. The maximum Gasteiger partial charge on any atom is 0.0814 e. The third-order valence-electron chi connectivity index (χ3n) is 3.22. The summed E-state index contributed by atoms with van der Waals surface area (Å²) in [6.45, 7) is 0. The summed E-state index contributed by atoms with van der Waals surface area (Å²) >= 11 is 0. The van der Waals surface area contributed by atoms with Crippen LogP contribution >= 0.6 is 0 Å². The Hall–Kier alpha value is -1.65. The standard InChI is InChI=1S/C13H16N4/c14-15-13(10-6-7-10)12-8-9-17(16-12)11-4-2-1-3-5-11/h1-5,8-10,13,15H,6-7,14H2. The van der Waals surface area contributed by atoms with E-state index in [1.54, 1.807) is 0 Å². The molecular weight excluding hydrogens is 212 g/mol. The minimum absolute atomic E-state index is 0.194. The summed E-state index contributed by atoms with van der Waals surface area (Å²) in [6.07, 6.45) is 4.47. The zero-order valence-electron chi connectivity index (χ0n) is 9.58. The van der Waals surface area contributed by atoms with Crippen LogP contribution in [0.25, 0.3) is 5.69 Å². The average molecular weight is 228 g/mol. The summed E-state index contributed by atoms with van der Waals surface area (Å²) in [6, 6.07) is 12.3. The van der Waals surface area contributed by atoms with Gasteiger partial charge in [0.2, 0.25) is 0 Å². The Morgan fingerprint density at radius 1 is 1.24 bits per heavy atom. The molecule has 1 aliphatic rings. The second kappa shape index (κ2) is 4.31. The van der Waals surface area contributed by atoms with Gasteiger partial charge in [0.25, 0.3) is 0 Å². The van der Waals surface area contributed by atoms with Gasteiger partial charge in [-0.05, 0) is 37.0 Å². The van der Waals surface area contributed by atoms with Crippen LogP contribution in [0.4, 0.5) is 0 Å². The number of benzene rings is 1. The highest BCUT2D eigenvalue weighted by Crippen LogP contribution is 2.39. The zero-order chi connectivity index (χ0) is 11.7. The predicted molar refractivity (Wildman–Crippen MR) is 66.4 cm³/mol. The summed E-state index contributed by atoms with van der Waals surface area (Å²) < 4.78 is 1.89. The molecule has 0 aliphatic heterocycles. The largest absolute Gasteiger partial charge is 0.271 e. The van der Waals surface area contributed by atoms with Gasteiger partial charge in [-0.3, -0.25) is 11.3 Å². The normalized spacial score (nSPS) is 17.0. The molecule has 4 heteroatoms. The Labute approximate surface area is 100 Å². The molecule has 1 unspecified atom stereocenters. The SMILES string of the molecule is NNC(c1ccn(-c2ccccc2)n1)C1CC1. The summed E-state index contributed by atoms with van der Waals surface area (Å²) in [5, 5.41) is 4.59. The van der Waals surface area contributed by atoms with E-state index in [-0.39, 0.29) is 6.04 Å². The van der Waals surface area contributed by atoms with Crippen molar-refractivity contribution >= 4 is 0 Å². The molecule has 1 atom stereocenters. The van der Waals surface area contributed by atoms with Crippen molar-refractivity contribution < 1.29 is 0 Å². The van der Waals surface area contributed by atoms with E-state index >= 15 is 0 Å². The highest BCUT2D eigenvalue weighted by atomic mass is 15.3. The number of hydrogen-bond acceptors (Lipinski definition) is 3. The summed E-state index contributed by atoms with van der Waals surface area (Å²) in [5.74, 6) is 6.25. The quantitative estimate of drug-likeness (QED) is 0.619. The molecule has 3 N–H and O–H groups in total. The third-order valence-corrected chi connectivity index (χ3v) is 3.22. The Balaban J connectivity index is 1.87. The van der Waals surface area contributed by atoms with E-state index in [2.05, 4.69) is 10.5 Å². The molecule has 1 aromatic heterocycles. The minimum Gasteiger partial charge on any atom is -0.271 e. The number of nitrogens with zero attached hydrogens (tertiary/aromatic N) is 2. The molecule has 1 saturated carbocycles. The molecule has 0 bridgehead atoms. The first-order valence-electron chi connectivity index (χ1n) is 5.95. The third kappa shape index (κ3) is 2.09. The Bertz CT molecular complexity index is 487. The number of nitrogens with one attached hydrogen (secondary N) is 1. The lowest BCUT2D eigenvalue weighted by atomic mass is 10.1. The van der Waals surface area contributed by atoms with Crippen molar-refractivity contribution in [2.45, 2.75) is 18.9 Å². The van der Waals surface area contributed by atoms with Gasteiger partial charge in [0, 0.05) is 6.20 Å². The van der Waals surface area contributed by atoms with Crippen LogP contribution in [0, 0.1) is 5.92 Å². The van der Waals surface area contributed by atoms with Gasteiger partial charge in [-0.15, -0.1) is 0 Å². The van der Waals surface area contributed by atoms with E-state index in [4.69, 9.17) is 5.84 Å². The lowest BCUT2D eigenvalue weighted by molar-refractivity contribution is 0.481. The van der Waals surface area contributed by atoms with Gasteiger partial charge in [-0.25, -0.2) is 4.68 Å². The molecule has 0 saturated heterocycles. The van der Waals surface area contributed by atoms with Crippen LogP contribution in [0.3, 0.4) is 0 Å². The highest BCUT2D eigenvalue weighted by molar-refractivity contribution is 5.30. The van der Waals surface area contributed by atoms with Crippen molar-refractivity contribution in [1.29, 1.82) is 0 Å². The Morgan fingerprint density at radius 2 is 2.00 bits per heavy atom. The molecule has 3 rings (SSSR count). The van der Waals surface area contributed by atoms with Crippen LogP contribution < -0.4 is 11.3 Å². The molecular formula is C13H16N4. The van der Waals surface area contributed by atoms with Crippen molar-refractivity contribution in [2.24, 2.45) is 11.8 Å². The molecule has 1 heterocycles. The molecule has 1 aliphatic carbocycles. The van der Waals surface area contributed by atoms with Gasteiger partial charge in [-0.1, -0.05) is 18.2 Å². The second-order valence-corrected chi connectivity index (χ2v) is 4.50. The van der Waals surface area contributed by atoms with Crippen LogP contribution in [0.15, 0.2) is 42.6 Å². The fraction of sp³-hybridized carbons (Fsp3) is 0.308. The van der Waals surface area contributed by atoms with Crippen LogP contribution in [0.1, 0.15) is 24.6 Å². The first-order chi connectivity index (χ1) is 8.38. The van der Waals surface area contributed by atoms with E-state index in [0.717, 1.165) is 11.4 Å². The maximum absolute atomic E-state index is 5.59. The fourth-order valence-corrected chi connectivity index (χ4v) is 2.12. The van der Waals surface area contributed by atoms with Crippen molar-refractivity contribution in [1.82, 2.24) is 15.2 Å². The van der Waals surface area contributed by atoms with E-state index in [1.807, 2.05) is 47.3 Å². The molecule has 88 valence electrons. The lowest BCUT2D eigenvalue weighted by Crippen LogP contribution is -2.29. The number of nitrogens with two attached hydrogens (primary N) is 1.